The standard InChI is InChI=1S/C20H22N2O.ClH/c23-20(18-8-4-10-19-17(18)9-5-13-21-19)22(16-11-12-16)14-15-6-2-1-3-7-15;/h1-4,6-8,10,16,21H,5,9,11-14H2;1H. The minimum Gasteiger partial charge on any atom is -0.385 e. The van der Waals surface area contributed by atoms with E-state index in [2.05, 4.69) is 28.4 Å². The van der Waals surface area contributed by atoms with E-state index in [4.69, 9.17) is 0 Å². The van der Waals surface area contributed by atoms with Crippen molar-refractivity contribution >= 4 is 24.0 Å². The van der Waals surface area contributed by atoms with Crippen LogP contribution < -0.4 is 5.32 Å². The summed E-state index contributed by atoms with van der Waals surface area (Å²) in [4.78, 5) is 15.3. The number of hydrogen-bond acceptors (Lipinski definition) is 2. The largest absolute Gasteiger partial charge is 0.385 e. The molecule has 1 saturated carbocycles. The predicted octanol–water partition coefficient (Wildman–Crippen LogP) is 4.27. The number of halogens is 1. The molecule has 0 aromatic heterocycles. The van der Waals surface area contributed by atoms with Crippen LogP contribution in [0.15, 0.2) is 48.5 Å². The first-order valence-corrected chi connectivity index (χ1v) is 8.53. The fraction of sp³-hybridized carbons (Fsp3) is 0.350. The Hall–Kier alpha value is -2.00. The lowest BCUT2D eigenvalue weighted by atomic mass is 9.96. The van der Waals surface area contributed by atoms with Gasteiger partial charge in [0.05, 0.1) is 0 Å². The summed E-state index contributed by atoms with van der Waals surface area (Å²) in [6, 6.07) is 16.8. The van der Waals surface area contributed by atoms with Gasteiger partial charge >= 0.3 is 0 Å². The van der Waals surface area contributed by atoms with Crippen LogP contribution >= 0.6 is 12.4 Å². The first-order chi connectivity index (χ1) is 11.3. The van der Waals surface area contributed by atoms with Crippen LogP contribution in [0.5, 0.6) is 0 Å². The summed E-state index contributed by atoms with van der Waals surface area (Å²) in [5.74, 6) is 0.192. The van der Waals surface area contributed by atoms with Gasteiger partial charge in [-0.05, 0) is 48.9 Å². The third-order valence-corrected chi connectivity index (χ3v) is 4.77. The van der Waals surface area contributed by atoms with Crippen molar-refractivity contribution in [1.29, 1.82) is 0 Å². The van der Waals surface area contributed by atoms with Gasteiger partial charge in [0, 0.05) is 30.4 Å². The van der Waals surface area contributed by atoms with Crippen LogP contribution in [0.25, 0.3) is 0 Å². The van der Waals surface area contributed by atoms with Crippen molar-refractivity contribution < 1.29 is 4.79 Å². The Kier molecular flexibility index (Phi) is 5.10. The molecule has 2 aliphatic rings. The number of carbonyl (C=O) groups is 1. The SMILES string of the molecule is Cl.O=C(c1cccc2c1CCCN2)N(Cc1ccccc1)C1CC1. The number of anilines is 1. The molecule has 0 unspecified atom stereocenters. The third kappa shape index (κ3) is 3.41. The van der Waals surface area contributed by atoms with E-state index < -0.39 is 0 Å². The van der Waals surface area contributed by atoms with Crippen LogP contribution in [0.3, 0.4) is 0 Å². The Bertz CT molecular complexity index is 713. The second-order valence-corrected chi connectivity index (χ2v) is 6.51. The molecule has 1 amide bonds. The summed E-state index contributed by atoms with van der Waals surface area (Å²) >= 11 is 0. The lowest BCUT2D eigenvalue weighted by Gasteiger charge is -2.26. The van der Waals surface area contributed by atoms with Crippen LogP contribution in [0.1, 0.15) is 40.7 Å². The lowest BCUT2D eigenvalue weighted by Crippen LogP contribution is -2.33. The Morgan fingerprint density at radius 1 is 1.08 bits per heavy atom. The molecule has 0 saturated heterocycles. The van der Waals surface area contributed by atoms with E-state index in [1.807, 2.05) is 30.3 Å². The maximum Gasteiger partial charge on any atom is 0.254 e. The first kappa shape index (κ1) is 16.8. The summed E-state index contributed by atoms with van der Waals surface area (Å²) < 4.78 is 0. The van der Waals surface area contributed by atoms with Crippen molar-refractivity contribution in [3.05, 3.63) is 65.2 Å². The van der Waals surface area contributed by atoms with E-state index in [-0.39, 0.29) is 18.3 Å². The van der Waals surface area contributed by atoms with E-state index in [0.717, 1.165) is 43.5 Å². The highest BCUT2D eigenvalue weighted by atomic mass is 35.5. The maximum atomic E-state index is 13.2. The van der Waals surface area contributed by atoms with E-state index in [9.17, 15) is 4.79 Å². The van der Waals surface area contributed by atoms with Crippen LogP contribution in [0.2, 0.25) is 0 Å². The van der Waals surface area contributed by atoms with Gasteiger partial charge in [-0.2, -0.15) is 0 Å². The van der Waals surface area contributed by atoms with Gasteiger partial charge in [0.15, 0.2) is 0 Å². The van der Waals surface area contributed by atoms with Gasteiger partial charge in [-0.25, -0.2) is 0 Å². The topological polar surface area (TPSA) is 32.3 Å². The molecule has 0 bridgehead atoms. The van der Waals surface area contributed by atoms with Crippen LogP contribution in [-0.2, 0) is 13.0 Å². The molecule has 0 spiro atoms. The van der Waals surface area contributed by atoms with Gasteiger partial charge in [0.1, 0.15) is 0 Å². The zero-order valence-corrected chi connectivity index (χ0v) is 14.5. The summed E-state index contributed by atoms with van der Waals surface area (Å²) in [7, 11) is 0. The van der Waals surface area contributed by atoms with Crippen molar-refractivity contribution in [2.45, 2.75) is 38.3 Å². The van der Waals surface area contributed by atoms with Crippen molar-refractivity contribution in [2.75, 3.05) is 11.9 Å². The minimum absolute atomic E-state index is 0. The number of rotatable bonds is 4. The molecule has 0 atom stereocenters. The zero-order chi connectivity index (χ0) is 15.6. The summed E-state index contributed by atoms with van der Waals surface area (Å²) in [5.41, 5.74) is 4.42. The highest BCUT2D eigenvalue weighted by molar-refractivity contribution is 5.97. The quantitative estimate of drug-likeness (QED) is 0.899. The average molecular weight is 343 g/mol. The molecule has 24 heavy (non-hydrogen) atoms. The molecule has 4 rings (SSSR count). The zero-order valence-electron chi connectivity index (χ0n) is 13.7. The van der Waals surface area contributed by atoms with Crippen LogP contribution in [-0.4, -0.2) is 23.4 Å². The van der Waals surface area contributed by atoms with E-state index in [0.29, 0.717) is 12.6 Å². The molecule has 1 N–H and O–H groups in total. The second-order valence-electron chi connectivity index (χ2n) is 6.51. The molecule has 1 fully saturated rings. The normalized spacial score (nSPS) is 15.7. The molecule has 0 radical (unpaired) electrons. The Morgan fingerprint density at radius 3 is 2.62 bits per heavy atom. The van der Waals surface area contributed by atoms with Gasteiger partial charge in [-0.3, -0.25) is 4.79 Å². The highest BCUT2D eigenvalue weighted by Crippen LogP contribution is 2.32. The molecule has 1 aliphatic carbocycles. The number of amides is 1. The minimum atomic E-state index is 0. The Balaban J connectivity index is 0.00000169. The molecule has 4 heteroatoms. The monoisotopic (exact) mass is 342 g/mol. The van der Waals surface area contributed by atoms with Gasteiger partial charge in [-0.1, -0.05) is 36.4 Å². The van der Waals surface area contributed by atoms with Crippen molar-refractivity contribution in [3.8, 4) is 0 Å². The molecule has 1 aliphatic heterocycles. The number of hydrogen-bond donors (Lipinski definition) is 1. The van der Waals surface area contributed by atoms with Gasteiger partial charge < -0.3 is 10.2 Å². The molecular weight excluding hydrogens is 320 g/mol. The second kappa shape index (κ2) is 7.27. The van der Waals surface area contributed by atoms with E-state index in [1.54, 1.807) is 0 Å². The van der Waals surface area contributed by atoms with Gasteiger partial charge in [0.2, 0.25) is 0 Å². The van der Waals surface area contributed by atoms with Gasteiger partial charge in [-0.15, -0.1) is 12.4 Å². The molecule has 2 aromatic rings. The fourth-order valence-corrected chi connectivity index (χ4v) is 3.40. The maximum absolute atomic E-state index is 13.2. The number of carbonyl (C=O) groups excluding carboxylic acids is 1. The number of nitrogens with one attached hydrogen (secondary N) is 1. The average Bonchev–Trinajstić information content (AvgIpc) is 3.44. The molecular formula is C20H23ClN2O. The van der Waals surface area contributed by atoms with Crippen LogP contribution in [0.4, 0.5) is 5.69 Å². The Labute approximate surface area is 149 Å². The Morgan fingerprint density at radius 2 is 1.88 bits per heavy atom. The smallest absolute Gasteiger partial charge is 0.254 e. The van der Waals surface area contributed by atoms with E-state index in [1.165, 1.54) is 11.1 Å². The number of benzene rings is 2. The summed E-state index contributed by atoms with van der Waals surface area (Å²) in [6.07, 6.45) is 4.35. The third-order valence-electron chi connectivity index (χ3n) is 4.77. The predicted molar refractivity (Wildman–Crippen MR) is 99.8 cm³/mol. The lowest BCUT2D eigenvalue weighted by molar-refractivity contribution is 0.0728. The molecule has 1 heterocycles. The number of nitrogens with zero attached hydrogens (tertiary/aromatic N) is 1. The molecule has 3 nitrogen and oxygen atoms in total. The van der Waals surface area contributed by atoms with Crippen molar-refractivity contribution in [2.24, 2.45) is 0 Å². The fourth-order valence-electron chi connectivity index (χ4n) is 3.40. The molecule has 126 valence electrons. The summed E-state index contributed by atoms with van der Waals surface area (Å²) in [6.45, 7) is 1.71. The first-order valence-electron chi connectivity index (χ1n) is 8.53. The van der Waals surface area contributed by atoms with E-state index >= 15 is 0 Å². The summed E-state index contributed by atoms with van der Waals surface area (Å²) in [5, 5.41) is 3.42. The van der Waals surface area contributed by atoms with Crippen molar-refractivity contribution in [3.63, 3.8) is 0 Å². The van der Waals surface area contributed by atoms with Crippen molar-refractivity contribution in [1.82, 2.24) is 4.90 Å². The highest BCUT2D eigenvalue weighted by Gasteiger charge is 2.34. The van der Waals surface area contributed by atoms with Crippen LogP contribution in [0, 0.1) is 0 Å². The van der Waals surface area contributed by atoms with Gasteiger partial charge in [0.25, 0.3) is 5.91 Å². The molecule has 2 aromatic carbocycles. The number of fused-ring (bicyclic) bond motifs is 1.